The molecule has 2 aromatic rings. The van der Waals surface area contributed by atoms with Crippen molar-refractivity contribution in [2.75, 3.05) is 19.5 Å². The van der Waals surface area contributed by atoms with Gasteiger partial charge in [0.25, 0.3) is 0 Å². The highest BCUT2D eigenvalue weighted by Crippen LogP contribution is 2.35. The Bertz CT molecular complexity index is 549. The van der Waals surface area contributed by atoms with Crippen molar-refractivity contribution in [1.29, 1.82) is 0 Å². The summed E-state index contributed by atoms with van der Waals surface area (Å²) < 4.78 is 10.5. The maximum atomic E-state index is 6.04. The fourth-order valence-electron chi connectivity index (χ4n) is 1.61. The van der Waals surface area contributed by atoms with E-state index >= 15 is 0 Å². The summed E-state index contributed by atoms with van der Waals surface area (Å²) in [6.45, 7) is 0.537. The van der Waals surface area contributed by atoms with Crippen LogP contribution in [0.25, 0.3) is 0 Å². The van der Waals surface area contributed by atoms with Gasteiger partial charge in [0.05, 0.1) is 43.4 Å². The zero-order chi connectivity index (χ0) is 13.7. The first-order valence-electron chi connectivity index (χ1n) is 5.65. The number of rotatable bonds is 5. The number of nitrogens with zero attached hydrogens (tertiary/aromatic N) is 2. The molecule has 0 aliphatic heterocycles. The lowest BCUT2D eigenvalue weighted by molar-refractivity contribution is 0.404. The lowest BCUT2D eigenvalue weighted by atomic mass is 10.2. The van der Waals surface area contributed by atoms with Gasteiger partial charge in [0.15, 0.2) is 0 Å². The summed E-state index contributed by atoms with van der Waals surface area (Å²) in [7, 11) is 3.16. The largest absolute Gasteiger partial charge is 0.495 e. The Morgan fingerprint density at radius 2 is 1.95 bits per heavy atom. The molecule has 1 N–H and O–H groups in total. The summed E-state index contributed by atoms with van der Waals surface area (Å²) in [4.78, 5) is 8.19. The van der Waals surface area contributed by atoms with Crippen LogP contribution in [0.4, 0.5) is 5.69 Å². The van der Waals surface area contributed by atoms with Crippen LogP contribution >= 0.6 is 11.6 Å². The molecule has 2 rings (SSSR count). The van der Waals surface area contributed by atoms with E-state index in [0.29, 0.717) is 23.1 Å². The molecule has 100 valence electrons. The summed E-state index contributed by atoms with van der Waals surface area (Å²) in [6.07, 6.45) is 4.98. The normalized spacial score (nSPS) is 10.1. The maximum absolute atomic E-state index is 6.04. The second-order valence-electron chi connectivity index (χ2n) is 3.74. The van der Waals surface area contributed by atoms with Crippen molar-refractivity contribution in [3.8, 4) is 11.5 Å². The molecule has 0 saturated carbocycles. The topological polar surface area (TPSA) is 56.3 Å². The average molecular weight is 280 g/mol. The molecule has 0 fully saturated rings. The van der Waals surface area contributed by atoms with Gasteiger partial charge < -0.3 is 14.8 Å². The van der Waals surface area contributed by atoms with Crippen molar-refractivity contribution < 1.29 is 9.47 Å². The number of halogens is 1. The Kier molecular flexibility index (Phi) is 4.41. The molecule has 0 amide bonds. The highest BCUT2D eigenvalue weighted by Gasteiger charge is 2.09. The molecular weight excluding hydrogens is 266 g/mol. The molecule has 0 spiro atoms. The number of hydrogen-bond acceptors (Lipinski definition) is 5. The third-order valence-electron chi connectivity index (χ3n) is 2.55. The van der Waals surface area contributed by atoms with Gasteiger partial charge in [-0.2, -0.15) is 0 Å². The van der Waals surface area contributed by atoms with Gasteiger partial charge in [0.2, 0.25) is 0 Å². The van der Waals surface area contributed by atoms with Crippen LogP contribution in [0.3, 0.4) is 0 Å². The minimum absolute atomic E-state index is 0.504. The van der Waals surface area contributed by atoms with Gasteiger partial charge in [-0.15, -0.1) is 0 Å². The van der Waals surface area contributed by atoms with Crippen LogP contribution in [-0.4, -0.2) is 24.2 Å². The molecule has 1 heterocycles. The van der Waals surface area contributed by atoms with Crippen molar-refractivity contribution in [2.45, 2.75) is 6.54 Å². The van der Waals surface area contributed by atoms with Crippen molar-refractivity contribution in [2.24, 2.45) is 0 Å². The standard InChI is InChI=1S/C13H14ClN3O2/c1-18-12-6-11(13(19-2)5-10(12)14)17-8-9-7-15-3-4-16-9/h3-7,17H,8H2,1-2H3. The molecule has 5 nitrogen and oxygen atoms in total. The number of methoxy groups -OCH3 is 2. The zero-order valence-electron chi connectivity index (χ0n) is 10.7. The molecule has 0 aliphatic carbocycles. The fraction of sp³-hybridized carbons (Fsp3) is 0.231. The number of nitrogens with one attached hydrogen (secondary N) is 1. The van der Waals surface area contributed by atoms with Crippen LogP contribution in [-0.2, 0) is 6.54 Å². The average Bonchev–Trinajstić information content (AvgIpc) is 2.46. The maximum Gasteiger partial charge on any atom is 0.143 e. The molecule has 1 aromatic heterocycles. The van der Waals surface area contributed by atoms with Gasteiger partial charge in [-0.05, 0) is 0 Å². The van der Waals surface area contributed by atoms with Crippen LogP contribution in [0, 0.1) is 0 Å². The molecule has 0 atom stereocenters. The van der Waals surface area contributed by atoms with Crippen LogP contribution in [0.1, 0.15) is 5.69 Å². The monoisotopic (exact) mass is 279 g/mol. The first kappa shape index (κ1) is 13.4. The van der Waals surface area contributed by atoms with E-state index in [1.165, 1.54) is 0 Å². The molecular formula is C13H14ClN3O2. The molecule has 19 heavy (non-hydrogen) atoms. The third-order valence-corrected chi connectivity index (χ3v) is 2.85. The number of aromatic nitrogens is 2. The van der Waals surface area contributed by atoms with Crippen molar-refractivity contribution in [3.63, 3.8) is 0 Å². The Labute approximate surface area is 116 Å². The zero-order valence-corrected chi connectivity index (χ0v) is 11.4. The van der Waals surface area contributed by atoms with Crippen molar-refractivity contribution in [1.82, 2.24) is 9.97 Å². The van der Waals surface area contributed by atoms with E-state index in [0.717, 1.165) is 11.4 Å². The lowest BCUT2D eigenvalue weighted by Crippen LogP contribution is -2.04. The number of anilines is 1. The van der Waals surface area contributed by atoms with Crippen molar-refractivity contribution >= 4 is 17.3 Å². The second kappa shape index (κ2) is 6.24. The smallest absolute Gasteiger partial charge is 0.143 e. The minimum atomic E-state index is 0.504. The Morgan fingerprint density at radius 1 is 1.16 bits per heavy atom. The summed E-state index contributed by atoms with van der Waals surface area (Å²) >= 11 is 6.04. The first-order valence-corrected chi connectivity index (χ1v) is 6.02. The molecule has 6 heteroatoms. The van der Waals surface area contributed by atoms with Gasteiger partial charge in [0, 0.05) is 24.5 Å². The van der Waals surface area contributed by atoms with E-state index in [4.69, 9.17) is 21.1 Å². The molecule has 0 aliphatic rings. The molecule has 0 unspecified atom stereocenters. The summed E-state index contributed by atoms with van der Waals surface area (Å²) in [5, 5.41) is 3.72. The number of hydrogen-bond donors (Lipinski definition) is 1. The van der Waals surface area contributed by atoms with E-state index in [2.05, 4.69) is 15.3 Å². The number of ether oxygens (including phenoxy) is 2. The Balaban J connectivity index is 2.19. The molecule has 1 aromatic carbocycles. The van der Waals surface area contributed by atoms with Crippen LogP contribution < -0.4 is 14.8 Å². The van der Waals surface area contributed by atoms with Crippen molar-refractivity contribution in [3.05, 3.63) is 41.4 Å². The predicted octanol–water partition coefficient (Wildman–Crippen LogP) is 2.76. The van der Waals surface area contributed by atoms with Crippen LogP contribution in [0.15, 0.2) is 30.7 Å². The van der Waals surface area contributed by atoms with E-state index < -0.39 is 0 Å². The van der Waals surface area contributed by atoms with Crippen LogP contribution in [0.5, 0.6) is 11.5 Å². The van der Waals surface area contributed by atoms with Crippen LogP contribution in [0.2, 0.25) is 5.02 Å². The molecule has 0 saturated heterocycles. The fourth-order valence-corrected chi connectivity index (χ4v) is 1.84. The molecule has 0 radical (unpaired) electrons. The predicted molar refractivity (Wildman–Crippen MR) is 73.9 cm³/mol. The summed E-state index contributed by atoms with van der Waals surface area (Å²) in [5.41, 5.74) is 1.62. The minimum Gasteiger partial charge on any atom is -0.495 e. The first-order chi connectivity index (χ1) is 9.24. The van der Waals surface area contributed by atoms with Gasteiger partial charge in [-0.25, -0.2) is 0 Å². The second-order valence-corrected chi connectivity index (χ2v) is 4.14. The van der Waals surface area contributed by atoms with E-state index in [-0.39, 0.29) is 0 Å². The summed E-state index contributed by atoms with van der Waals surface area (Å²) in [5.74, 6) is 1.24. The molecule has 0 bridgehead atoms. The van der Waals surface area contributed by atoms with E-state index in [9.17, 15) is 0 Å². The highest BCUT2D eigenvalue weighted by atomic mass is 35.5. The highest BCUT2D eigenvalue weighted by molar-refractivity contribution is 6.32. The van der Waals surface area contributed by atoms with Gasteiger partial charge in [-0.3, -0.25) is 9.97 Å². The van der Waals surface area contributed by atoms with Gasteiger partial charge in [0.1, 0.15) is 11.5 Å². The third kappa shape index (κ3) is 3.26. The Morgan fingerprint density at radius 3 is 2.58 bits per heavy atom. The number of benzene rings is 1. The van der Waals surface area contributed by atoms with Gasteiger partial charge >= 0.3 is 0 Å². The van der Waals surface area contributed by atoms with E-state index in [1.54, 1.807) is 44.9 Å². The van der Waals surface area contributed by atoms with E-state index in [1.807, 2.05) is 0 Å². The Hall–Kier alpha value is -2.01. The summed E-state index contributed by atoms with van der Waals surface area (Å²) in [6, 6.07) is 3.50. The SMILES string of the molecule is COc1cc(NCc2cnccn2)c(OC)cc1Cl. The lowest BCUT2D eigenvalue weighted by Gasteiger charge is -2.13. The van der Waals surface area contributed by atoms with Gasteiger partial charge in [-0.1, -0.05) is 11.6 Å². The quantitative estimate of drug-likeness (QED) is 0.912.